The Morgan fingerprint density at radius 2 is 1.85 bits per heavy atom. The van der Waals surface area contributed by atoms with Crippen molar-refractivity contribution in [3.63, 3.8) is 0 Å². The molecule has 1 fully saturated rings. The number of aryl methyl sites for hydroxylation is 1. The molecule has 3 aromatic rings. The van der Waals surface area contributed by atoms with Gasteiger partial charge in [-0.1, -0.05) is 23.4 Å². The van der Waals surface area contributed by atoms with Crippen LogP contribution >= 0.6 is 0 Å². The van der Waals surface area contributed by atoms with Gasteiger partial charge in [-0.15, -0.1) is 0 Å². The van der Waals surface area contributed by atoms with Gasteiger partial charge in [-0.25, -0.2) is 9.97 Å². The molecule has 3 heterocycles. The van der Waals surface area contributed by atoms with Gasteiger partial charge in [0.15, 0.2) is 0 Å². The van der Waals surface area contributed by atoms with E-state index in [1.54, 1.807) is 6.20 Å². The number of nitrogens with zero attached hydrogens (tertiary/aromatic N) is 5. The summed E-state index contributed by atoms with van der Waals surface area (Å²) in [6.45, 7) is 8.42. The Labute approximate surface area is 158 Å². The van der Waals surface area contributed by atoms with Crippen LogP contribution in [0.4, 0.5) is 0 Å². The molecule has 2 atom stereocenters. The molecule has 4 rings (SSSR count). The lowest BCUT2D eigenvalue weighted by molar-refractivity contribution is -0.0725. The van der Waals surface area contributed by atoms with E-state index in [0.29, 0.717) is 18.3 Å². The van der Waals surface area contributed by atoms with Gasteiger partial charge in [0.25, 0.3) is 0 Å². The number of benzene rings is 1. The van der Waals surface area contributed by atoms with Crippen molar-refractivity contribution in [3.05, 3.63) is 48.2 Å². The molecule has 2 aromatic heterocycles. The number of aromatic nitrogens is 4. The van der Waals surface area contributed by atoms with Crippen LogP contribution in [0.25, 0.3) is 22.6 Å². The van der Waals surface area contributed by atoms with Gasteiger partial charge in [0.05, 0.1) is 24.4 Å². The van der Waals surface area contributed by atoms with Gasteiger partial charge in [-0.05, 0) is 32.9 Å². The van der Waals surface area contributed by atoms with Crippen LogP contribution in [-0.2, 0) is 11.3 Å². The van der Waals surface area contributed by atoms with Crippen LogP contribution in [0.5, 0.6) is 0 Å². The van der Waals surface area contributed by atoms with Crippen LogP contribution < -0.4 is 0 Å². The molecule has 7 nitrogen and oxygen atoms in total. The van der Waals surface area contributed by atoms with Gasteiger partial charge in [-0.3, -0.25) is 4.90 Å². The predicted molar refractivity (Wildman–Crippen MR) is 101 cm³/mol. The topological polar surface area (TPSA) is 77.2 Å². The van der Waals surface area contributed by atoms with E-state index in [0.717, 1.165) is 35.7 Å². The Morgan fingerprint density at radius 1 is 1.07 bits per heavy atom. The van der Waals surface area contributed by atoms with Crippen molar-refractivity contribution in [3.8, 4) is 22.6 Å². The first-order valence-corrected chi connectivity index (χ1v) is 9.17. The molecule has 0 spiro atoms. The first kappa shape index (κ1) is 17.8. The van der Waals surface area contributed by atoms with Crippen LogP contribution in [0.15, 0.2) is 41.1 Å². The van der Waals surface area contributed by atoms with Crippen LogP contribution in [-0.4, -0.2) is 50.3 Å². The van der Waals surface area contributed by atoms with E-state index in [-0.39, 0.29) is 12.2 Å². The maximum Gasteiger partial charge on any atom is 0.241 e. The summed E-state index contributed by atoms with van der Waals surface area (Å²) in [4.78, 5) is 15.5. The minimum absolute atomic E-state index is 0.212. The molecule has 0 N–H and O–H groups in total. The Kier molecular flexibility index (Phi) is 4.96. The van der Waals surface area contributed by atoms with Crippen molar-refractivity contribution in [1.29, 1.82) is 0 Å². The molecule has 1 aromatic carbocycles. The van der Waals surface area contributed by atoms with Gasteiger partial charge < -0.3 is 9.26 Å². The Hall–Kier alpha value is -2.64. The van der Waals surface area contributed by atoms with Crippen molar-refractivity contribution < 1.29 is 9.26 Å². The monoisotopic (exact) mass is 365 g/mol. The maximum absolute atomic E-state index is 5.77. The van der Waals surface area contributed by atoms with Gasteiger partial charge >= 0.3 is 0 Å². The molecule has 0 radical (unpaired) electrons. The summed E-state index contributed by atoms with van der Waals surface area (Å²) >= 11 is 0. The van der Waals surface area contributed by atoms with Crippen molar-refractivity contribution in [2.24, 2.45) is 0 Å². The smallest absolute Gasteiger partial charge is 0.241 e. The number of hydrogen-bond donors (Lipinski definition) is 0. The van der Waals surface area contributed by atoms with Gasteiger partial charge in [0.1, 0.15) is 5.82 Å². The van der Waals surface area contributed by atoms with Crippen molar-refractivity contribution in [2.75, 3.05) is 13.1 Å². The van der Waals surface area contributed by atoms with Crippen LogP contribution in [0.1, 0.15) is 25.6 Å². The summed E-state index contributed by atoms with van der Waals surface area (Å²) < 4.78 is 11.3. The Balaban J connectivity index is 1.52. The average Bonchev–Trinajstić information content (AvgIpc) is 3.09. The van der Waals surface area contributed by atoms with Gasteiger partial charge in [0.2, 0.25) is 11.7 Å². The molecule has 1 aliphatic rings. The number of ether oxygens (including phenoxy) is 1. The quantitative estimate of drug-likeness (QED) is 0.703. The molecule has 0 aliphatic carbocycles. The number of hydrogen-bond acceptors (Lipinski definition) is 7. The first-order valence-electron chi connectivity index (χ1n) is 9.17. The predicted octanol–water partition coefficient (Wildman–Crippen LogP) is 3.11. The highest BCUT2D eigenvalue weighted by molar-refractivity contribution is 5.67. The average molecular weight is 365 g/mol. The zero-order chi connectivity index (χ0) is 18.8. The van der Waals surface area contributed by atoms with E-state index < -0.39 is 0 Å². The zero-order valence-corrected chi connectivity index (χ0v) is 15.8. The second-order valence-electron chi connectivity index (χ2n) is 7.03. The third kappa shape index (κ3) is 4.20. The van der Waals surface area contributed by atoms with E-state index in [2.05, 4.69) is 38.9 Å². The first-order chi connectivity index (χ1) is 13.1. The molecular formula is C20H23N5O2. The van der Waals surface area contributed by atoms with Crippen LogP contribution in [0.2, 0.25) is 0 Å². The summed E-state index contributed by atoms with van der Waals surface area (Å²) in [5.41, 5.74) is 2.78. The van der Waals surface area contributed by atoms with E-state index in [9.17, 15) is 0 Å². The van der Waals surface area contributed by atoms with E-state index in [1.165, 1.54) is 0 Å². The van der Waals surface area contributed by atoms with Crippen molar-refractivity contribution >= 4 is 0 Å². The SMILES string of the molecule is Cc1nccc(-c2cccc(-c3noc(CN4C[C@@H](C)O[C@H](C)C4)n3)c2)n1. The molecule has 0 bridgehead atoms. The largest absolute Gasteiger partial charge is 0.373 e. The summed E-state index contributed by atoms with van der Waals surface area (Å²) in [5.74, 6) is 1.95. The Morgan fingerprint density at radius 3 is 2.63 bits per heavy atom. The standard InChI is InChI=1S/C20H23N5O2/c1-13-10-25(11-14(2)26-13)12-19-23-20(24-27-19)17-6-4-5-16(9-17)18-7-8-21-15(3)22-18/h4-9,13-14H,10-12H2,1-3H3/t13-,14-/m1/s1. The molecule has 0 unspecified atom stereocenters. The molecule has 0 saturated carbocycles. The van der Waals surface area contributed by atoms with Crippen LogP contribution in [0, 0.1) is 6.92 Å². The molecule has 0 amide bonds. The third-order valence-electron chi connectivity index (χ3n) is 4.51. The molecule has 27 heavy (non-hydrogen) atoms. The molecule has 1 saturated heterocycles. The third-order valence-corrected chi connectivity index (χ3v) is 4.51. The fourth-order valence-electron chi connectivity index (χ4n) is 3.48. The summed E-state index contributed by atoms with van der Waals surface area (Å²) in [5, 5.41) is 4.17. The van der Waals surface area contributed by atoms with Gasteiger partial charge in [-0.2, -0.15) is 4.98 Å². The number of morpholine rings is 1. The van der Waals surface area contributed by atoms with Crippen molar-refractivity contribution in [2.45, 2.75) is 39.5 Å². The minimum Gasteiger partial charge on any atom is -0.373 e. The second kappa shape index (κ2) is 7.54. The van der Waals surface area contributed by atoms with E-state index >= 15 is 0 Å². The fourth-order valence-corrected chi connectivity index (χ4v) is 3.48. The zero-order valence-electron chi connectivity index (χ0n) is 15.8. The minimum atomic E-state index is 0.212. The second-order valence-corrected chi connectivity index (χ2v) is 7.03. The summed E-state index contributed by atoms with van der Waals surface area (Å²) in [6, 6.07) is 9.89. The normalized spacial score (nSPS) is 20.7. The molecular weight excluding hydrogens is 342 g/mol. The summed E-state index contributed by atoms with van der Waals surface area (Å²) in [6.07, 6.45) is 2.19. The fraction of sp³-hybridized carbons (Fsp3) is 0.400. The molecule has 7 heteroatoms. The van der Waals surface area contributed by atoms with Crippen LogP contribution in [0.3, 0.4) is 0 Å². The Bertz CT molecular complexity index is 916. The summed E-state index contributed by atoms with van der Waals surface area (Å²) in [7, 11) is 0. The highest BCUT2D eigenvalue weighted by Gasteiger charge is 2.24. The lowest BCUT2D eigenvalue weighted by Crippen LogP contribution is -2.44. The highest BCUT2D eigenvalue weighted by Crippen LogP contribution is 2.24. The molecule has 140 valence electrons. The molecule has 1 aliphatic heterocycles. The van der Waals surface area contributed by atoms with E-state index in [4.69, 9.17) is 9.26 Å². The van der Waals surface area contributed by atoms with Crippen molar-refractivity contribution in [1.82, 2.24) is 25.0 Å². The van der Waals surface area contributed by atoms with E-state index in [1.807, 2.05) is 37.3 Å². The lowest BCUT2D eigenvalue weighted by atomic mass is 10.1. The maximum atomic E-state index is 5.77. The van der Waals surface area contributed by atoms with Gasteiger partial charge in [0, 0.05) is 30.4 Å². The number of rotatable bonds is 4. The highest BCUT2D eigenvalue weighted by atomic mass is 16.5. The lowest BCUT2D eigenvalue weighted by Gasteiger charge is -2.34.